The third-order valence-corrected chi connectivity index (χ3v) is 5.90. The maximum atomic E-state index is 13.0. The van der Waals surface area contributed by atoms with Gasteiger partial charge in [0.25, 0.3) is 10.0 Å². The Kier molecular flexibility index (Phi) is 5.86. The summed E-state index contributed by atoms with van der Waals surface area (Å²) in [6.45, 7) is 2.02. The number of aryl methyl sites for hydroxylation is 1. The molecule has 0 saturated heterocycles. The van der Waals surface area contributed by atoms with Gasteiger partial charge in [-0.3, -0.25) is 4.31 Å². The Hall–Kier alpha value is -2.04. The summed E-state index contributed by atoms with van der Waals surface area (Å²) in [5.74, 6) is 0.549. The van der Waals surface area contributed by atoms with Crippen molar-refractivity contribution in [3.05, 3.63) is 52.5 Å². The van der Waals surface area contributed by atoms with Crippen LogP contribution >= 0.6 is 15.9 Å². The predicted molar refractivity (Wildman–Crippen MR) is 96.6 cm³/mol. The zero-order valence-electron chi connectivity index (χ0n) is 13.4. The number of hydrogen-bond donors (Lipinski definition) is 0. The summed E-state index contributed by atoms with van der Waals surface area (Å²) in [7, 11) is -2.28. The minimum atomic E-state index is -3.79. The molecule has 2 aromatic carbocycles. The topological polar surface area (TPSA) is 70.4 Å². The van der Waals surface area contributed by atoms with Gasteiger partial charge in [0, 0.05) is 6.54 Å². The highest BCUT2D eigenvalue weighted by Crippen LogP contribution is 2.30. The van der Waals surface area contributed by atoms with E-state index in [0.29, 0.717) is 15.9 Å². The Bertz CT molecular complexity index is 858. The van der Waals surface area contributed by atoms with Crippen LogP contribution in [0.1, 0.15) is 12.0 Å². The van der Waals surface area contributed by atoms with E-state index in [1.54, 1.807) is 18.2 Å². The van der Waals surface area contributed by atoms with E-state index in [1.807, 2.05) is 25.1 Å². The number of nitrogens with zero attached hydrogens (tertiary/aromatic N) is 2. The average Bonchev–Trinajstić information content (AvgIpc) is 2.56. The first-order valence-electron chi connectivity index (χ1n) is 7.20. The summed E-state index contributed by atoms with van der Waals surface area (Å²) < 4.78 is 33.0. The molecule has 0 bridgehead atoms. The van der Waals surface area contributed by atoms with E-state index >= 15 is 0 Å². The van der Waals surface area contributed by atoms with Gasteiger partial charge < -0.3 is 4.74 Å². The maximum absolute atomic E-state index is 13.0. The normalized spacial score (nSPS) is 10.9. The van der Waals surface area contributed by atoms with E-state index in [2.05, 4.69) is 15.9 Å². The van der Waals surface area contributed by atoms with Crippen LogP contribution in [0.25, 0.3) is 0 Å². The van der Waals surface area contributed by atoms with Gasteiger partial charge in [-0.2, -0.15) is 5.26 Å². The van der Waals surface area contributed by atoms with E-state index in [-0.39, 0.29) is 17.9 Å². The SMILES string of the molecule is COc1ccc(S(=O)(=O)N(CCC#N)c2ccc(C)cc2)cc1Br. The van der Waals surface area contributed by atoms with E-state index in [9.17, 15) is 8.42 Å². The van der Waals surface area contributed by atoms with Gasteiger partial charge in [0.1, 0.15) is 5.75 Å². The van der Waals surface area contributed by atoms with Crippen LogP contribution in [0.15, 0.2) is 51.8 Å². The minimum absolute atomic E-state index is 0.0888. The van der Waals surface area contributed by atoms with Crippen molar-refractivity contribution >= 4 is 31.6 Å². The Morgan fingerprint density at radius 2 is 1.88 bits per heavy atom. The molecule has 5 nitrogen and oxygen atoms in total. The van der Waals surface area contributed by atoms with Crippen molar-refractivity contribution < 1.29 is 13.2 Å². The van der Waals surface area contributed by atoms with Gasteiger partial charge in [0.2, 0.25) is 0 Å². The molecular formula is C17H17BrN2O3S. The molecule has 24 heavy (non-hydrogen) atoms. The van der Waals surface area contributed by atoms with Gasteiger partial charge in [-0.15, -0.1) is 0 Å². The number of methoxy groups -OCH3 is 1. The number of hydrogen-bond acceptors (Lipinski definition) is 4. The van der Waals surface area contributed by atoms with Crippen molar-refractivity contribution in [1.82, 2.24) is 0 Å². The lowest BCUT2D eigenvalue weighted by molar-refractivity contribution is 0.411. The molecular weight excluding hydrogens is 392 g/mol. The third kappa shape index (κ3) is 3.89. The molecule has 0 atom stereocenters. The van der Waals surface area contributed by atoms with Gasteiger partial charge in [0.15, 0.2) is 0 Å². The lowest BCUT2D eigenvalue weighted by Gasteiger charge is -2.24. The summed E-state index contributed by atoms with van der Waals surface area (Å²) in [4.78, 5) is 0.133. The molecule has 7 heteroatoms. The van der Waals surface area contributed by atoms with Crippen LogP contribution in [0.5, 0.6) is 5.75 Å². The van der Waals surface area contributed by atoms with Crippen molar-refractivity contribution in [2.45, 2.75) is 18.2 Å². The predicted octanol–water partition coefficient (Wildman–Crippen LogP) is 3.88. The fourth-order valence-electron chi connectivity index (χ4n) is 2.19. The average molecular weight is 409 g/mol. The van der Waals surface area contributed by atoms with Crippen LogP contribution in [0, 0.1) is 18.3 Å². The molecule has 0 aromatic heterocycles. The number of rotatable bonds is 6. The smallest absolute Gasteiger partial charge is 0.264 e. The number of benzene rings is 2. The second kappa shape index (κ2) is 7.69. The summed E-state index contributed by atoms with van der Waals surface area (Å²) in [6.07, 6.45) is 0.102. The fourth-order valence-corrected chi connectivity index (χ4v) is 4.37. The highest BCUT2D eigenvalue weighted by Gasteiger charge is 2.25. The van der Waals surface area contributed by atoms with Gasteiger partial charge in [0.05, 0.1) is 34.7 Å². The van der Waals surface area contributed by atoms with Crippen LogP contribution in [-0.2, 0) is 10.0 Å². The summed E-state index contributed by atoms with van der Waals surface area (Å²) in [6, 6.07) is 13.7. The Labute approximate surface area is 150 Å². The Morgan fingerprint density at radius 1 is 1.21 bits per heavy atom. The fraction of sp³-hybridized carbons (Fsp3) is 0.235. The maximum Gasteiger partial charge on any atom is 0.264 e. The highest BCUT2D eigenvalue weighted by atomic mass is 79.9. The van der Waals surface area contributed by atoms with Crippen LogP contribution < -0.4 is 9.04 Å². The van der Waals surface area contributed by atoms with E-state index in [0.717, 1.165) is 5.56 Å². The monoisotopic (exact) mass is 408 g/mol. The molecule has 0 saturated carbocycles. The van der Waals surface area contributed by atoms with E-state index in [4.69, 9.17) is 10.00 Å². The highest BCUT2D eigenvalue weighted by molar-refractivity contribution is 9.10. The number of sulfonamides is 1. The first-order chi connectivity index (χ1) is 11.4. The van der Waals surface area contributed by atoms with Gasteiger partial charge >= 0.3 is 0 Å². The van der Waals surface area contributed by atoms with Crippen LogP contribution in [-0.4, -0.2) is 22.1 Å². The molecule has 126 valence electrons. The summed E-state index contributed by atoms with van der Waals surface area (Å²) in [5.41, 5.74) is 1.56. The Morgan fingerprint density at radius 3 is 2.42 bits per heavy atom. The number of nitriles is 1. The molecule has 0 aliphatic carbocycles. The third-order valence-electron chi connectivity index (χ3n) is 3.46. The zero-order valence-corrected chi connectivity index (χ0v) is 15.8. The van der Waals surface area contributed by atoms with Gasteiger partial charge in [-0.1, -0.05) is 17.7 Å². The number of ether oxygens (including phenoxy) is 1. The zero-order chi connectivity index (χ0) is 17.7. The molecule has 2 rings (SSSR count). The molecule has 0 radical (unpaired) electrons. The standard InChI is InChI=1S/C17H17BrN2O3S/c1-13-4-6-14(7-5-13)20(11-3-10-19)24(21,22)15-8-9-17(23-2)16(18)12-15/h4-9,12H,3,11H2,1-2H3. The van der Waals surface area contributed by atoms with E-state index in [1.165, 1.54) is 23.5 Å². The number of halogens is 1. The van der Waals surface area contributed by atoms with Crippen molar-refractivity contribution in [2.75, 3.05) is 18.0 Å². The molecule has 0 aliphatic rings. The lowest BCUT2D eigenvalue weighted by atomic mass is 10.2. The molecule has 2 aromatic rings. The second-order valence-corrected chi connectivity index (χ2v) is 7.83. The molecule has 0 spiro atoms. The van der Waals surface area contributed by atoms with Crippen LogP contribution in [0.3, 0.4) is 0 Å². The molecule has 0 N–H and O–H groups in total. The van der Waals surface area contributed by atoms with Crippen molar-refractivity contribution in [3.8, 4) is 11.8 Å². The molecule has 0 heterocycles. The quantitative estimate of drug-likeness (QED) is 0.726. The van der Waals surface area contributed by atoms with Gasteiger partial charge in [-0.25, -0.2) is 8.42 Å². The van der Waals surface area contributed by atoms with E-state index < -0.39 is 10.0 Å². The largest absolute Gasteiger partial charge is 0.496 e. The van der Waals surface area contributed by atoms with Crippen molar-refractivity contribution in [2.24, 2.45) is 0 Å². The molecule has 0 unspecified atom stereocenters. The summed E-state index contributed by atoms with van der Waals surface area (Å²) in [5, 5.41) is 8.86. The first-order valence-corrected chi connectivity index (χ1v) is 9.43. The van der Waals surface area contributed by atoms with Crippen molar-refractivity contribution in [3.63, 3.8) is 0 Å². The van der Waals surface area contributed by atoms with Crippen LogP contribution in [0.2, 0.25) is 0 Å². The minimum Gasteiger partial charge on any atom is -0.496 e. The molecule has 0 aliphatic heterocycles. The molecule has 0 amide bonds. The van der Waals surface area contributed by atoms with Crippen LogP contribution in [0.4, 0.5) is 5.69 Å². The summed E-state index contributed by atoms with van der Waals surface area (Å²) >= 11 is 3.31. The Balaban J connectivity index is 2.49. The second-order valence-electron chi connectivity index (χ2n) is 5.12. The first kappa shape index (κ1) is 18.3. The lowest BCUT2D eigenvalue weighted by Crippen LogP contribution is -2.32. The van der Waals surface area contributed by atoms with Crippen molar-refractivity contribution in [1.29, 1.82) is 5.26 Å². The molecule has 0 fully saturated rings. The van der Waals surface area contributed by atoms with Gasteiger partial charge in [-0.05, 0) is 53.2 Å². The number of anilines is 1.